The number of hydrogen-bond donors (Lipinski definition) is 0. The molecule has 0 aliphatic heterocycles. The first-order chi connectivity index (χ1) is 14.4. The average Bonchev–Trinajstić information content (AvgIpc) is 2.98. The Morgan fingerprint density at radius 2 is 1.58 bits per heavy atom. The van der Waals surface area contributed by atoms with Crippen molar-refractivity contribution in [3.05, 3.63) is 0 Å². The molecule has 4 saturated carbocycles. The molecule has 0 bridgehead atoms. The summed E-state index contributed by atoms with van der Waals surface area (Å²) in [7, 11) is 0. The second kappa shape index (κ2) is 7.59. The number of carbonyl (C=O) groups excluding carboxylic acids is 3. The number of Topliss-reactive ketones (excluding diaryl/α,β-unsaturated/α-hetero) is 1. The Morgan fingerprint density at radius 1 is 0.935 bits per heavy atom. The summed E-state index contributed by atoms with van der Waals surface area (Å²) < 4.78 is 11.6. The van der Waals surface area contributed by atoms with Crippen LogP contribution >= 0.6 is 0 Å². The van der Waals surface area contributed by atoms with Crippen molar-refractivity contribution in [3.63, 3.8) is 0 Å². The highest BCUT2D eigenvalue weighted by molar-refractivity contribution is 5.83. The standard InChI is InChI=1S/C26H40O5/c1-15(27)30-22-8-7-18-17-14-21(28)20-13-16(31-23(29)24(2,3)4)9-11-25(20,5)19(17)10-12-26(18,22)6/h16-20,22H,7-14H2,1-6H3/t16-,17-,18-,19-,20+,22?,25+,26-/m0/s1. The number of hydrogen-bond acceptors (Lipinski definition) is 5. The molecule has 0 radical (unpaired) electrons. The van der Waals surface area contributed by atoms with Crippen LogP contribution in [-0.4, -0.2) is 29.9 Å². The Bertz CT molecular complexity index is 766. The highest BCUT2D eigenvalue weighted by Gasteiger charge is 2.63. The van der Waals surface area contributed by atoms with Crippen LogP contribution in [0.4, 0.5) is 0 Å². The van der Waals surface area contributed by atoms with E-state index >= 15 is 0 Å². The minimum Gasteiger partial charge on any atom is -0.462 e. The SMILES string of the molecule is CC(=O)OC1CC[C@H]2[C@@H]3CC(=O)[C@H]4C[C@@H](OC(=O)C(C)(C)C)CC[C@]4(C)[C@H]3CC[C@]12C. The van der Waals surface area contributed by atoms with Crippen LogP contribution < -0.4 is 0 Å². The van der Waals surface area contributed by atoms with Crippen molar-refractivity contribution >= 4 is 17.7 Å². The molecule has 31 heavy (non-hydrogen) atoms. The zero-order valence-electron chi connectivity index (χ0n) is 20.2. The van der Waals surface area contributed by atoms with Crippen molar-refractivity contribution in [2.75, 3.05) is 0 Å². The first kappa shape index (κ1) is 22.8. The zero-order valence-corrected chi connectivity index (χ0v) is 20.2. The quantitative estimate of drug-likeness (QED) is 0.568. The molecule has 174 valence electrons. The fraction of sp³-hybridized carbons (Fsp3) is 0.885. The number of ether oxygens (including phenoxy) is 2. The molecule has 4 rings (SSSR count). The summed E-state index contributed by atoms with van der Waals surface area (Å²) in [5, 5.41) is 0. The molecule has 5 heteroatoms. The summed E-state index contributed by atoms with van der Waals surface area (Å²) in [5.74, 6) is 1.37. The summed E-state index contributed by atoms with van der Waals surface area (Å²) in [6.45, 7) is 11.8. The summed E-state index contributed by atoms with van der Waals surface area (Å²) in [4.78, 5) is 37.5. The molecule has 4 aliphatic carbocycles. The third kappa shape index (κ3) is 3.74. The Morgan fingerprint density at radius 3 is 2.23 bits per heavy atom. The molecule has 8 atom stereocenters. The predicted octanol–water partition coefficient (Wildman–Crippen LogP) is 5.10. The fourth-order valence-corrected chi connectivity index (χ4v) is 7.79. The maximum absolute atomic E-state index is 13.4. The average molecular weight is 433 g/mol. The molecule has 0 spiro atoms. The van der Waals surface area contributed by atoms with Crippen molar-refractivity contribution < 1.29 is 23.9 Å². The second-order valence-electron chi connectivity index (χ2n) is 12.4. The van der Waals surface area contributed by atoms with Gasteiger partial charge in [0.1, 0.15) is 18.0 Å². The van der Waals surface area contributed by atoms with Crippen molar-refractivity contribution in [2.45, 2.75) is 105 Å². The molecule has 0 aromatic heterocycles. The lowest BCUT2D eigenvalue weighted by Gasteiger charge is -2.60. The van der Waals surface area contributed by atoms with Gasteiger partial charge in [-0.25, -0.2) is 0 Å². The summed E-state index contributed by atoms with van der Waals surface area (Å²) >= 11 is 0. The van der Waals surface area contributed by atoms with E-state index in [1.54, 1.807) is 0 Å². The molecule has 0 saturated heterocycles. The Balaban J connectivity index is 1.52. The van der Waals surface area contributed by atoms with E-state index in [4.69, 9.17) is 9.47 Å². The van der Waals surface area contributed by atoms with Crippen LogP contribution in [0.2, 0.25) is 0 Å². The summed E-state index contributed by atoms with van der Waals surface area (Å²) in [6, 6.07) is 0. The highest BCUT2D eigenvalue weighted by Crippen LogP contribution is 2.66. The lowest BCUT2D eigenvalue weighted by molar-refractivity contribution is -0.178. The van der Waals surface area contributed by atoms with E-state index in [1.165, 1.54) is 6.92 Å². The van der Waals surface area contributed by atoms with E-state index in [-0.39, 0.29) is 40.9 Å². The van der Waals surface area contributed by atoms with Crippen molar-refractivity contribution in [1.82, 2.24) is 0 Å². The van der Waals surface area contributed by atoms with Crippen LogP contribution in [0, 0.1) is 39.9 Å². The van der Waals surface area contributed by atoms with Crippen LogP contribution in [-0.2, 0) is 23.9 Å². The van der Waals surface area contributed by atoms with Crippen molar-refractivity contribution in [1.29, 1.82) is 0 Å². The number of ketones is 1. The van der Waals surface area contributed by atoms with Gasteiger partial charge in [-0.3, -0.25) is 14.4 Å². The lowest BCUT2D eigenvalue weighted by atomic mass is 9.45. The molecular weight excluding hydrogens is 392 g/mol. The first-order valence-corrected chi connectivity index (χ1v) is 12.3. The van der Waals surface area contributed by atoms with E-state index in [0.717, 1.165) is 38.5 Å². The van der Waals surface area contributed by atoms with Gasteiger partial charge in [-0.1, -0.05) is 13.8 Å². The maximum Gasteiger partial charge on any atom is 0.311 e. The van der Waals surface area contributed by atoms with Gasteiger partial charge in [0.25, 0.3) is 0 Å². The highest BCUT2D eigenvalue weighted by atomic mass is 16.5. The van der Waals surface area contributed by atoms with Gasteiger partial charge in [-0.2, -0.15) is 0 Å². The molecular formula is C26H40O5. The molecule has 0 amide bonds. The van der Waals surface area contributed by atoms with Gasteiger partial charge in [0, 0.05) is 24.7 Å². The largest absolute Gasteiger partial charge is 0.462 e. The van der Waals surface area contributed by atoms with Gasteiger partial charge in [0.2, 0.25) is 0 Å². The van der Waals surface area contributed by atoms with E-state index in [2.05, 4.69) is 13.8 Å². The minimum atomic E-state index is -0.517. The van der Waals surface area contributed by atoms with Crippen LogP contribution in [0.15, 0.2) is 0 Å². The number of carbonyl (C=O) groups is 3. The van der Waals surface area contributed by atoms with Gasteiger partial charge in [0.05, 0.1) is 5.41 Å². The van der Waals surface area contributed by atoms with E-state index in [0.29, 0.717) is 36.4 Å². The Kier molecular flexibility index (Phi) is 5.58. The summed E-state index contributed by atoms with van der Waals surface area (Å²) in [5.41, 5.74) is -0.529. The monoisotopic (exact) mass is 432 g/mol. The summed E-state index contributed by atoms with van der Waals surface area (Å²) in [6.07, 6.45) is 7.10. The zero-order chi connectivity index (χ0) is 22.8. The molecule has 4 aliphatic rings. The van der Waals surface area contributed by atoms with Gasteiger partial charge in [-0.15, -0.1) is 0 Å². The van der Waals surface area contributed by atoms with E-state index in [9.17, 15) is 14.4 Å². The third-order valence-corrected chi connectivity index (χ3v) is 9.52. The fourth-order valence-electron chi connectivity index (χ4n) is 7.79. The lowest BCUT2D eigenvalue weighted by Crippen LogP contribution is -2.57. The van der Waals surface area contributed by atoms with E-state index in [1.807, 2.05) is 20.8 Å². The van der Waals surface area contributed by atoms with Crippen LogP contribution in [0.5, 0.6) is 0 Å². The van der Waals surface area contributed by atoms with Crippen molar-refractivity contribution in [3.8, 4) is 0 Å². The van der Waals surface area contributed by atoms with Gasteiger partial charge in [-0.05, 0) is 88.9 Å². The van der Waals surface area contributed by atoms with Crippen LogP contribution in [0.25, 0.3) is 0 Å². The molecule has 0 aromatic rings. The number of fused-ring (bicyclic) bond motifs is 5. The van der Waals surface area contributed by atoms with E-state index < -0.39 is 5.41 Å². The van der Waals surface area contributed by atoms with Crippen LogP contribution in [0.3, 0.4) is 0 Å². The Hall–Kier alpha value is -1.39. The van der Waals surface area contributed by atoms with Gasteiger partial charge >= 0.3 is 11.9 Å². The smallest absolute Gasteiger partial charge is 0.311 e. The van der Waals surface area contributed by atoms with Crippen LogP contribution in [0.1, 0.15) is 92.9 Å². The molecule has 1 unspecified atom stereocenters. The molecule has 0 aromatic carbocycles. The molecule has 4 fully saturated rings. The number of rotatable bonds is 2. The topological polar surface area (TPSA) is 69.7 Å². The molecule has 5 nitrogen and oxygen atoms in total. The molecule has 0 N–H and O–H groups in total. The van der Waals surface area contributed by atoms with Gasteiger partial charge < -0.3 is 9.47 Å². The van der Waals surface area contributed by atoms with Gasteiger partial charge in [0.15, 0.2) is 0 Å². The second-order valence-corrected chi connectivity index (χ2v) is 12.4. The normalized spacial score (nSPS) is 44.6. The van der Waals surface area contributed by atoms with Crippen molar-refractivity contribution in [2.24, 2.45) is 39.9 Å². The third-order valence-electron chi connectivity index (χ3n) is 9.52. The predicted molar refractivity (Wildman–Crippen MR) is 117 cm³/mol. The minimum absolute atomic E-state index is 0.00421. The first-order valence-electron chi connectivity index (χ1n) is 12.3. The number of esters is 2. The molecule has 0 heterocycles. The Labute approximate surface area is 187 Å². The maximum atomic E-state index is 13.4.